The van der Waals surface area contributed by atoms with E-state index in [9.17, 15) is 26.4 Å². The monoisotopic (exact) mass is 386 g/mol. The molecule has 2 aromatic rings. The van der Waals surface area contributed by atoms with Gasteiger partial charge in [-0.1, -0.05) is 12.1 Å². The average molecular weight is 386 g/mol. The van der Waals surface area contributed by atoms with Crippen molar-refractivity contribution in [1.29, 1.82) is 0 Å². The lowest BCUT2D eigenvalue weighted by molar-refractivity contribution is -0.121. The predicted octanol–water partition coefficient (Wildman–Crippen LogP) is 2.65. The van der Waals surface area contributed by atoms with Crippen LogP contribution in [0.2, 0.25) is 0 Å². The largest absolute Gasteiger partial charge is 0.350 e. The van der Waals surface area contributed by atoms with Crippen LogP contribution in [0, 0.1) is 17.5 Å². The van der Waals surface area contributed by atoms with E-state index in [1.165, 1.54) is 18.2 Å². The summed E-state index contributed by atoms with van der Waals surface area (Å²) in [5.74, 6) is -3.32. The van der Waals surface area contributed by atoms with Crippen LogP contribution in [0.4, 0.5) is 13.2 Å². The van der Waals surface area contributed by atoms with Gasteiger partial charge in [0.25, 0.3) is 0 Å². The van der Waals surface area contributed by atoms with E-state index < -0.39 is 44.3 Å². The fourth-order valence-electron chi connectivity index (χ4n) is 2.20. The molecule has 1 amide bonds. The maximum absolute atomic E-state index is 13.2. The van der Waals surface area contributed by atoms with E-state index in [0.29, 0.717) is 17.7 Å². The number of sulfonamides is 1. The number of benzene rings is 2. The van der Waals surface area contributed by atoms with Crippen molar-refractivity contribution < 1.29 is 26.4 Å². The highest BCUT2D eigenvalue weighted by Crippen LogP contribution is 2.14. The third-order valence-corrected chi connectivity index (χ3v) is 5.03. The summed E-state index contributed by atoms with van der Waals surface area (Å²) >= 11 is 0. The van der Waals surface area contributed by atoms with Crippen LogP contribution in [-0.4, -0.2) is 20.9 Å². The van der Waals surface area contributed by atoms with Crippen molar-refractivity contribution >= 4 is 15.9 Å². The fourth-order valence-corrected chi connectivity index (χ4v) is 3.24. The first kappa shape index (κ1) is 19.9. The molecular formula is C17H17F3N2O3S. The quantitative estimate of drug-likeness (QED) is 0.768. The van der Waals surface area contributed by atoms with Gasteiger partial charge in [0.1, 0.15) is 5.82 Å². The predicted molar refractivity (Wildman–Crippen MR) is 89.1 cm³/mol. The number of nitrogens with one attached hydrogen (secondary N) is 2. The molecule has 9 heteroatoms. The van der Waals surface area contributed by atoms with Crippen molar-refractivity contribution in [2.24, 2.45) is 0 Å². The molecule has 0 aromatic heterocycles. The summed E-state index contributed by atoms with van der Waals surface area (Å²) in [6, 6.07) is 7.47. The molecule has 0 saturated carbocycles. The molecule has 0 fully saturated rings. The molecule has 140 valence electrons. The van der Waals surface area contributed by atoms with Crippen molar-refractivity contribution in [3.63, 3.8) is 0 Å². The minimum atomic E-state index is -4.07. The molecule has 0 spiro atoms. The summed E-state index contributed by atoms with van der Waals surface area (Å²) in [5, 5.41) is 2.62. The Morgan fingerprint density at radius 2 is 1.81 bits per heavy atom. The number of hydrogen-bond acceptors (Lipinski definition) is 3. The second kappa shape index (κ2) is 8.33. The fraction of sp³-hybridized carbons (Fsp3) is 0.235. The van der Waals surface area contributed by atoms with Crippen LogP contribution in [-0.2, 0) is 14.8 Å². The molecule has 26 heavy (non-hydrogen) atoms. The molecule has 0 bridgehead atoms. The van der Waals surface area contributed by atoms with Gasteiger partial charge in [-0.05, 0) is 42.8 Å². The van der Waals surface area contributed by atoms with E-state index in [1.54, 1.807) is 13.0 Å². The highest BCUT2D eigenvalue weighted by molar-refractivity contribution is 7.89. The zero-order valence-corrected chi connectivity index (χ0v) is 14.6. The van der Waals surface area contributed by atoms with E-state index in [2.05, 4.69) is 10.0 Å². The van der Waals surface area contributed by atoms with Crippen LogP contribution in [0.15, 0.2) is 47.4 Å². The zero-order valence-electron chi connectivity index (χ0n) is 13.8. The van der Waals surface area contributed by atoms with Gasteiger partial charge < -0.3 is 5.32 Å². The van der Waals surface area contributed by atoms with E-state index in [-0.39, 0.29) is 13.0 Å². The highest BCUT2D eigenvalue weighted by atomic mass is 32.2. The summed E-state index contributed by atoms with van der Waals surface area (Å²) in [7, 11) is -4.07. The highest BCUT2D eigenvalue weighted by Gasteiger charge is 2.17. The SMILES string of the molecule is CC(NC(=O)CCNS(=O)(=O)c1ccc(F)c(F)c1)c1cccc(F)c1. The zero-order chi connectivity index (χ0) is 19.3. The first-order valence-electron chi connectivity index (χ1n) is 7.68. The number of halogens is 3. The maximum atomic E-state index is 13.2. The summed E-state index contributed by atoms with van der Waals surface area (Å²) in [6.45, 7) is 1.43. The Morgan fingerprint density at radius 3 is 2.46 bits per heavy atom. The van der Waals surface area contributed by atoms with Gasteiger partial charge in [0.05, 0.1) is 10.9 Å². The van der Waals surface area contributed by atoms with Crippen molar-refractivity contribution in [3.8, 4) is 0 Å². The van der Waals surface area contributed by atoms with Crippen molar-refractivity contribution in [3.05, 3.63) is 65.5 Å². The second-order valence-electron chi connectivity index (χ2n) is 5.57. The van der Waals surface area contributed by atoms with Crippen LogP contribution >= 0.6 is 0 Å². The smallest absolute Gasteiger partial charge is 0.240 e. The Bertz CT molecular complexity index is 904. The number of rotatable bonds is 7. The van der Waals surface area contributed by atoms with Crippen LogP contribution < -0.4 is 10.0 Å². The minimum absolute atomic E-state index is 0.178. The molecule has 2 aromatic carbocycles. The molecule has 0 radical (unpaired) electrons. The lowest BCUT2D eigenvalue weighted by atomic mass is 10.1. The van der Waals surface area contributed by atoms with Crippen LogP contribution in [0.5, 0.6) is 0 Å². The number of amides is 1. The molecule has 5 nitrogen and oxygen atoms in total. The van der Waals surface area contributed by atoms with E-state index in [1.807, 2.05) is 0 Å². The normalized spacial score (nSPS) is 12.6. The van der Waals surface area contributed by atoms with Crippen LogP contribution in [0.1, 0.15) is 24.9 Å². The van der Waals surface area contributed by atoms with Gasteiger partial charge >= 0.3 is 0 Å². The van der Waals surface area contributed by atoms with Gasteiger partial charge in [0.15, 0.2) is 11.6 Å². The van der Waals surface area contributed by atoms with E-state index in [4.69, 9.17) is 0 Å². The van der Waals surface area contributed by atoms with Crippen molar-refractivity contribution in [1.82, 2.24) is 10.0 Å². The molecule has 0 heterocycles. The molecule has 0 aliphatic heterocycles. The summed E-state index contributed by atoms with van der Waals surface area (Å²) in [5.41, 5.74) is 0.570. The van der Waals surface area contributed by atoms with Gasteiger partial charge in [-0.3, -0.25) is 4.79 Å². The number of carbonyl (C=O) groups excluding carboxylic acids is 1. The van der Waals surface area contributed by atoms with E-state index in [0.717, 1.165) is 6.07 Å². The van der Waals surface area contributed by atoms with Gasteiger partial charge in [-0.15, -0.1) is 0 Å². The van der Waals surface area contributed by atoms with Crippen molar-refractivity contribution in [2.75, 3.05) is 6.54 Å². The molecule has 1 unspecified atom stereocenters. The Hall–Kier alpha value is -2.39. The third kappa shape index (κ3) is 5.30. The number of hydrogen-bond donors (Lipinski definition) is 2. The second-order valence-corrected chi connectivity index (χ2v) is 7.33. The first-order chi connectivity index (χ1) is 12.2. The van der Waals surface area contributed by atoms with E-state index >= 15 is 0 Å². The molecule has 2 N–H and O–H groups in total. The van der Waals surface area contributed by atoms with Crippen LogP contribution in [0.3, 0.4) is 0 Å². The standard InChI is InChI=1S/C17H17F3N2O3S/c1-11(12-3-2-4-13(18)9-12)22-17(23)7-8-21-26(24,25)14-5-6-15(19)16(20)10-14/h2-6,9-11,21H,7-8H2,1H3,(H,22,23). The Morgan fingerprint density at radius 1 is 1.08 bits per heavy atom. The van der Waals surface area contributed by atoms with Gasteiger partial charge in [0, 0.05) is 13.0 Å². The molecule has 0 aliphatic rings. The minimum Gasteiger partial charge on any atom is -0.350 e. The average Bonchev–Trinajstić information content (AvgIpc) is 2.57. The van der Waals surface area contributed by atoms with Crippen LogP contribution in [0.25, 0.3) is 0 Å². The maximum Gasteiger partial charge on any atom is 0.240 e. The lowest BCUT2D eigenvalue weighted by Gasteiger charge is -2.14. The third-order valence-electron chi connectivity index (χ3n) is 3.57. The first-order valence-corrected chi connectivity index (χ1v) is 9.17. The summed E-state index contributed by atoms with van der Waals surface area (Å²) < 4.78 is 65.3. The Labute approximate surface area is 149 Å². The summed E-state index contributed by atoms with van der Waals surface area (Å²) in [4.78, 5) is 11.4. The van der Waals surface area contributed by atoms with Crippen molar-refractivity contribution in [2.45, 2.75) is 24.3 Å². The molecule has 2 rings (SSSR count). The topological polar surface area (TPSA) is 75.3 Å². The molecule has 1 atom stereocenters. The summed E-state index contributed by atoms with van der Waals surface area (Å²) in [6.07, 6.45) is -0.178. The Balaban J connectivity index is 1.88. The molecular weight excluding hydrogens is 369 g/mol. The lowest BCUT2D eigenvalue weighted by Crippen LogP contribution is -2.32. The molecule has 0 saturated heterocycles. The van der Waals surface area contributed by atoms with Gasteiger partial charge in [-0.25, -0.2) is 26.3 Å². The van der Waals surface area contributed by atoms with Gasteiger partial charge in [-0.2, -0.15) is 0 Å². The Kier molecular flexibility index (Phi) is 6.38. The van der Waals surface area contributed by atoms with Gasteiger partial charge in [0.2, 0.25) is 15.9 Å². The number of carbonyl (C=O) groups is 1. The molecule has 0 aliphatic carbocycles.